The summed E-state index contributed by atoms with van der Waals surface area (Å²) in [7, 11) is 0. The normalized spacial score (nSPS) is 26.5. The first-order valence-electron chi connectivity index (χ1n) is 5.88. The van der Waals surface area contributed by atoms with E-state index < -0.39 is 0 Å². The molecule has 1 saturated carbocycles. The first kappa shape index (κ1) is 10.7. The number of nitrogens with zero attached hydrogens (tertiary/aromatic N) is 1. The van der Waals surface area contributed by atoms with Gasteiger partial charge in [-0.05, 0) is 24.7 Å². The molecule has 0 bridgehead atoms. The molecule has 0 aromatic carbocycles. The van der Waals surface area contributed by atoms with Crippen molar-refractivity contribution in [2.75, 3.05) is 13.1 Å². The van der Waals surface area contributed by atoms with Gasteiger partial charge in [0, 0.05) is 18.9 Å². The van der Waals surface area contributed by atoms with Gasteiger partial charge >= 0.3 is 0 Å². The highest BCUT2D eigenvalue weighted by atomic mass is 16.2. The predicted octanol–water partition coefficient (Wildman–Crippen LogP) is 1.47. The summed E-state index contributed by atoms with van der Waals surface area (Å²) in [5, 5.41) is 0. The molecule has 0 radical (unpaired) electrons. The van der Waals surface area contributed by atoms with Crippen LogP contribution < -0.4 is 0 Å². The topological polar surface area (TPSA) is 37.4 Å². The molecule has 1 aliphatic carbocycles. The van der Waals surface area contributed by atoms with Crippen LogP contribution in [0.25, 0.3) is 0 Å². The Bertz CT molecular complexity index is 281. The van der Waals surface area contributed by atoms with E-state index >= 15 is 0 Å². The average Bonchev–Trinajstić information content (AvgIpc) is 2.93. The molecular weight excluding hydrogens is 190 g/mol. The Morgan fingerprint density at radius 1 is 1.47 bits per heavy atom. The molecule has 0 aromatic heterocycles. The second-order valence-electron chi connectivity index (χ2n) is 5.22. The third kappa shape index (κ3) is 2.39. The Kier molecular flexibility index (Phi) is 2.81. The van der Waals surface area contributed by atoms with Gasteiger partial charge in [0.15, 0.2) is 5.78 Å². The fourth-order valence-corrected chi connectivity index (χ4v) is 2.12. The lowest BCUT2D eigenvalue weighted by Crippen LogP contribution is -2.32. The largest absolute Gasteiger partial charge is 0.335 e. The lowest BCUT2D eigenvalue weighted by molar-refractivity contribution is -0.132. The summed E-state index contributed by atoms with van der Waals surface area (Å²) in [5.74, 6) is 1.70. The van der Waals surface area contributed by atoms with Crippen LogP contribution in [0.4, 0.5) is 0 Å². The summed E-state index contributed by atoms with van der Waals surface area (Å²) < 4.78 is 0. The molecule has 1 aliphatic heterocycles. The van der Waals surface area contributed by atoms with E-state index in [0.29, 0.717) is 24.8 Å². The molecule has 1 atom stereocenters. The molecule has 84 valence electrons. The van der Waals surface area contributed by atoms with Gasteiger partial charge in [-0.15, -0.1) is 0 Å². The standard InChI is InChI=1S/C12H19NO2/c1-8(2)10-5-12(15)13(6-10)7-11(14)9-3-4-9/h8-10H,3-7H2,1-2H3. The van der Waals surface area contributed by atoms with Crippen molar-refractivity contribution in [3.63, 3.8) is 0 Å². The molecule has 1 amide bonds. The van der Waals surface area contributed by atoms with E-state index in [4.69, 9.17) is 0 Å². The SMILES string of the molecule is CC(C)C1CC(=O)N(CC(=O)C2CC2)C1. The third-order valence-corrected chi connectivity index (χ3v) is 3.57. The van der Waals surface area contributed by atoms with Gasteiger partial charge in [-0.25, -0.2) is 0 Å². The lowest BCUT2D eigenvalue weighted by Gasteiger charge is -2.17. The highest BCUT2D eigenvalue weighted by molar-refractivity contribution is 5.89. The van der Waals surface area contributed by atoms with E-state index in [1.54, 1.807) is 4.90 Å². The van der Waals surface area contributed by atoms with E-state index in [1.165, 1.54) is 0 Å². The molecule has 3 nitrogen and oxygen atoms in total. The molecule has 3 heteroatoms. The van der Waals surface area contributed by atoms with Crippen LogP contribution in [0.2, 0.25) is 0 Å². The van der Waals surface area contributed by atoms with Crippen molar-refractivity contribution in [1.82, 2.24) is 4.90 Å². The number of carbonyl (C=O) groups is 2. The fourth-order valence-electron chi connectivity index (χ4n) is 2.12. The van der Waals surface area contributed by atoms with Gasteiger partial charge in [0.05, 0.1) is 6.54 Å². The van der Waals surface area contributed by atoms with Crippen molar-refractivity contribution in [2.45, 2.75) is 33.1 Å². The number of hydrogen-bond acceptors (Lipinski definition) is 2. The molecule has 0 N–H and O–H groups in total. The van der Waals surface area contributed by atoms with Crippen LogP contribution in [0.5, 0.6) is 0 Å². The lowest BCUT2D eigenvalue weighted by atomic mass is 9.95. The third-order valence-electron chi connectivity index (χ3n) is 3.57. The number of ketones is 1. The highest BCUT2D eigenvalue weighted by Crippen LogP contribution is 2.31. The van der Waals surface area contributed by atoms with Crippen molar-refractivity contribution in [2.24, 2.45) is 17.8 Å². The van der Waals surface area contributed by atoms with Crippen LogP contribution in [0.15, 0.2) is 0 Å². The average molecular weight is 209 g/mol. The van der Waals surface area contributed by atoms with Crippen molar-refractivity contribution in [3.05, 3.63) is 0 Å². The van der Waals surface area contributed by atoms with Crippen LogP contribution in [0.1, 0.15) is 33.1 Å². The Balaban J connectivity index is 1.87. The molecule has 2 aliphatic rings. The quantitative estimate of drug-likeness (QED) is 0.703. The summed E-state index contributed by atoms with van der Waals surface area (Å²) in [6, 6.07) is 0. The maximum atomic E-state index is 11.6. The molecular formula is C12H19NO2. The Morgan fingerprint density at radius 3 is 2.60 bits per heavy atom. The minimum atomic E-state index is 0.169. The zero-order chi connectivity index (χ0) is 11.0. The molecule has 0 spiro atoms. The number of carbonyl (C=O) groups excluding carboxylic acids is 2. The molecule has 1 saturated heterocycles. The Labute approximate surface area is 90.8 Å². The zero-order valence-electron chi connectivity index (χ0n) is 9.53. The van der Waals surface area contributed by atoms with Crippen LogP contribution in [0, 0.1) is 17.8 Å². The molecule has 2 rings (SSSR count). The van der Waals surface area contributed by atoms with E-state index in [-0.39, 0.29) is 17.6 Å². The van der Waals surface area contributed by atoms with Crippen molar-refractivity contribution in [1.29, 1.82) is 0 Å². The molecule has 0 aromatic rings. The minimum Gasteiger partial charge on any atom is -0.335 e. The minimum absolute atomic E-state index is 0.169. The van der Waals surface area contributed by atoms with Crippen LogP contribution in [-0.4, -0.2) is 29.7 Å². The monoisotopic (exact) mass is 209 g/mol. The van der Waals surface area contributed by atoms with Crippen molar-refractivity contribution in [3.8, 4) is 0 Å². The van der Waals surface area contributed by atoms with Crippen LogP contribution in [0.3, 0.4) is 0 Å². The number of hydrogen-bond donors (Lipinski definition) is 0. The van der Waals surface area contributed by atoms with Crippen molar-refractivity contribution >= 4 is 11.7 Å². The van der Waals surface area contributed by atoms with Crippen LogP contribution in [-0.2, 0) is 9.59 Å². The van der Waals surface area contributed by atoms with Crippen LogP contribution >= 0.6 is 0 Å². The molecule has 1 unspecified atom stereocenters. The maximum absolute atomic E-state index is 11.6. The summed E-state index contributed by atoms with van der Waals surface area (Å²) >= 11 is 0. The summed E-state index contributed by atoms with van der Waals surface area (Å²) in [6.45, 7) is 5.44. The second kappa shape index (κ2) is 3.95. The van der Waals surface area contributed by atoms with E-state index in [1.807, 2.05) is 0 Å². The number of Topliss-reactive ketones (excluding diaryl/α,β-unsaturated/α-hetero) is 1. The highest BCUT2D eigenvalue weighted by Gasteiger charge is 2.36. The van der Waals surface area contributed by atoms with Gasteiger partial charge in [-0.1, -0.05) is 13.8 Å². The smallest absolute Gasteiger partial charge is 0.223 e. The van der Waals surface area contributed by atoms with Gasteiger partial charge in [0.2, 0.25) is 5.91 Å². The predicted molar refractivity (Wildman–Crippen MR) is 57.3 cm³/mol. The van der Waals surface area contributed by atoms with E-state index in [9.17, 15) is 9.59 Å². The van der Waals surface area contributed by atoms with Crippen molar-refractivity contribution < 1.29 is 9.59 Å². The fraction of sp³-hybridized carbons (Fsp3) is 0.833. The number of amides is 1. The molecule has 1 heterocycles. The molecule has 2 fully saturated rings. The molecule has 15 heavy (non-hydrogen) atoms. The van der Waals surface area contributed by atoms with E-state index in [2.05, 4.69) is 13.8 Å². The number of likely N-dealkylation sites (tertiary alicyclic amines) is 1. The first-order chi connectivity index (χ1) is 7.08. The summed E-state index contributed by atoms with van der Waals surface area (Å²) in [6.07, 6.45) is 2.71. The Morgan fingerprint density at radius 2 is 2.13 bits per heavy atom. The maximum Gasteiger partial charge on any atom is 0.223 e. The van der Waals surface area contributed by atoms with Gasteiger partial charge in [0.1, 0.15) is 0 Å². The van der Waals surface area contributed by atoms with Gasteiger partial charge < -0.3 is 4.90 Å². The number of rotatable bonds is 4. The first-order valence-corrected chi connectivity index (χ1v) is 5.88. The zero-order valence-corrected chi connectivity index (χ0v) is 9.53. The summed E-state index contributed by atoms with van der Waals surface area (Å²) in [5.41, 5.74) is 0. The second-order valence-corrected chi connectivity index (χ2v) is 5.22. The van der Waals surface area contributed by atoms with Gasteiger partial charge in [-0.3, -0.25) is 9.59 Å². The summed E-state index contributed by atoms with van der Waals surface area (Å²) in [4.78, 5) is 25.0. The van der Waals surface area contributed by atoms with E-state index in [0.717, 1.165) is 19.4 Å². The van der Waals surface area contributed by atoms with Gasteiger partial charge in [0.25, 0.3) is 0 Å². The Hall–Kier alpha value is -0.860. The van der Waals surface area contributed by atoms with Gasteiger partial charge in [-0.2, -0.15) is 0 Å².